The minimum absolute atomic E-state index is 0.00494. The third-order valence-electron chi connectivity index (χ3n) is 3.47. The normalized spacial score (nSPS) is 10.2. The molecule has 1 aromatic heterocycles. The first-order chi connectivity index (χ1) is 11.7. The van der Waals surface area contributed by atoms with Gasteiger partial charge in [-0.3, -0.25) is 0 Å². The van der Waals surface area contributed by atoms with Crippen molar-refractivity contribution in [1.82, 2.24) is 5.16 Å². The molecule has 5 nitrogen and oxygen atoms in total. The lowest BCUT2D eigenvalue weighted by Gasteiger charge is -2.02. The molecule has 0 saturated carbocycles. The van der Waals surface area contributed by atoms with Crippen molar-refractivity contribution in [2.45, 2.75) is 13.5 Å². The molecule has 0 aliphatic carbocycles. The van der Waals surface area contributed by atoms with E-state index in [9.17, 15) is 4.79 Å². The largest absolute Gasteiger partial charge is 0.455 e. The Bertz CT molecular complexity index is 905. The van der Waals surface area contributed by atoms with E-state index in [1.807, 2.05) is 37.3 Å². The molecule has 24 heavy (non-hydrogen) atoms. The van der Waals surface area contributed by atoms with Crippen LogP contribution in [0, 0.1) is 18.3 Å². The molecule has 3 aromatic rings. The summed E-state index contributed by atoms with van der Waals surface area (Å²) in [6, 6.07) is 17.9. The fourth-order valence-electron chi connectivity index (χ4n) is 2.17. The number of rotatable bonds is 4. The molecule has 3 rings (SSSR count). The topological polar surface area (TPSA) is 76.1 Å². The maximum absolute atomic E-state index is 12.0. The number of aryl methyl sites for hydroxylation is 1. The Morgan fingerprint density at radius 1 is 1.21 bits per heavy atom. The highest BCUT2D eigenvalue weighted by Crippen LogP contribution is 2.21. The number of nitrogens with zero attached hydrogens (tertiary/aromatic N) is 2. The summed E-state index contributed by atoms with van der Waals surface area (Å²) in [6.45, 7) is 2.02. The summed E-state index contributed by atoms with van der Waals surface area (Å²) in [5.41, 5.74) is 3.33. The first-order valence-electron chi connectivity index (χ1n) is 7.35. The fraction of sp³-hybridized carbons (Fsp3) is 0.105. The molecule has 0 aliphatic heterocycles. The van der Waals surface area contributed by atoms with E-state index in [1.165, 1.54) is 6.07 Å². The van der Waals surface area contributed by atoms with E-state index in [0.29, 0.717) is 22.6 Å². The molecule has 0 amide bonds. The van der Waals surface area contributed by atoms with Gasteiger partial charge in [-0.2, -0.15) is 5.26 Å². The highest BCUT2D eigenvalue weighted by Gasteiger charge is 2.11. The molecular formula is C19H14N2O3. The van der Waals surface area contributed by atoms with E-state index < -0.39 is 5.97 Å². The van der Waals surface area contributed by atoms with Crippen molar-refractivity contribution < 1.29 is 14.1 Å². The van der Waals surface area contributed by atoms with Crippen LogP contribution in [0.4, 0.5) is 0 Å². The van der Waals surface area contributed by atoms with Gasteiger partial charge in [0, 0.05) is 11.6 Å². The van der Waals surface area contributed by atoms with Gasteiger partial charge in [0.25, 0.3) is 0 Å². The van der Waals surface area contributed by atoms with Crippen LogP contribution in [0.3, 0.4) is 0 Å². The molecule has 0 atom stereocenters. The molecule has 0 saturated heterocycles. The van der Waals surface area contributed by atoms with Crippen molar-refractivity contribution in [1.29, 1.82) is 5.26 Å². The van der Waals surface area contributed by atoms with Crippen molar-refractivity contribution in [2.24, 2.45) is 0 Å². The highest BCUT2D eigenvalue weighted by molar-refractivity contribution is 5.89. The SMILES string of the molecule is Cc1ccc(-c2cc(COC(=O)c3cccc(C#N)c3)no2)cc1. The number of hydrogen-bond donors (Lipinski definition) is 0. The molecule has 118 valence electrons. The van der Waals surface area contributed by atoms with Gasteiger partial charge in [0.15, 0.2) is 5.76 Å². The third-order valence-corrected chi connectivity index (χ3v) is 3.47. The van der Waals surface area contributed by atoms with E-state index in [-0.39, 0.29) is 6.61 Å². The molecule has 0 radical (unpaired) electrons. The molecule has 0 fully saturated rings. The molecule has 0 spiro atoms. The van der Waals surface area contributed by atoms with E-state index in [1.54, 1.807) is 24.3 Å². The molecule has 0 bridgehead atoms. The number of esters is 1. The minimum atomic E-state index is -0.507. The third kappa shape index (κ3) is 3.50. The zero-order valence-electron chi connectivity index (χ0n) is 13.0. The number of carbonyl (C=O) groups is 1. The predicted molar refractivity (Wildman–Crippen MR) is 87.0 cm³/mol. The highest BCUT2D eigenvalue weighted by atomic mass is 16.5. The fourth-order valence-corrected chi connectivity index (χ4v) is 2.17. The summed E-state index contributed by atoms with van der Waals surface area (Å²) >= 11 is 0. The maximum atomic E-state index is 12.0. The average molecular weight is 318 g/mol. The van der Waals surface area contributed by atoms with Crippen LogP contribution in [-0.2, 0) is 11.3 Å². The number of carbonyl (C=O) groups excluding carboxylic acids is 1. The van der Waals surface area contributed by atoms with Gasteiger partial charge >= 0.3 is 5.97 Å². The maximum Gasteiger partial charge on any atom is 0.338 e. The van der Waals surface area contributed by atoms with Crippen LogP contribution in [0.2, 0.25) is 0 Å². The van der Waals surface area contributed by atoms with Gasteiger partial charge in [-0.15, -0.1) is 0 Å². The van der Waals surface area contributed by atoms with E-state index in [0.717, 1.165) is 11.1 Å². The molecule has 1 heterocycles. The van der Waals surface area contributed by atoms with Crippen molar-refractivity contribution in [3.8, 4) is 17.4 Å². The van der Waals surface area contributed by atoms with Crippen LogP contribution in [-0.4, -0.2) is 11.1 Å². The number of aromatic nitrogens is 1. The molecule has 2 aromatic carbocycles. The molecule has 0 N–H and O–H groups in total. The van der Waals surface area contributed by atoms with Gasteiger partial charge < -0.3 is 9.26 Å². The summed E-state index contributed by atoms with van der Waals surface area (Å²) in [7, 11) is 0. The Morgan fingerprint density at radius 2 is 2.00 bits per heavy atom. The Labute approximate surface area is 139 Å². The number of nitriles is 1. The first-order valence-corrected chi connectivity index (χ1v) is 7.35. The van der Waals surface area contributed by atoms with Crippen LogP contribution >= 0.6 is 0 Å². The summed E-state index contributed by atoms with van der Waals surface area (Å²) in [6.07, 6.45) is 0. The van der Waals surface area contributed by atoms with E-state index in [2.05, 4.69) is 5.16 Å². The van der Waals surface area contributed by atoms with Crippen LogP contribution < -0.4 is 0 Å². The zero-order chi connectivity index (χ0) is 16.9. The zero-order valence-corrected chi connectivity index (χ0v) is 13.0. The van der Waals surface area contributed by atoms with Gasteiger partial charge in [-0.05, 0) is 25.1 Å². The van der Waals surface area contributed by atoms with Gasteiger partial charge in [0.1, 0.15) is 12.3 Å². The van der Waals surface area contributed by atoms with E-state index >= 15 is 0 Å². The van der Waals surface area contributed by atoms with E-state index in [4.69, 9.17) is 14.5 Å². The molecule has 0 unspecified atom stereocenters. The van der Waals surface area contributed by atoms with Crippen molar-refractivity contribution in [3.05, 3.63) is 77.0 Å². The minimum Gasteiger partial charge on any atom is -0.455 e. The Hall–Kier alpha value is -3.39. The smallest absolute Gasteiger partial charge is 0.338 e. The second kappa shape index (κ2) is 6.80. The van der Waals surface area contributed by atoms with Crippen LogP contribution in [0.5, 0.6) is 0 Å². The molecule has 0 aliphatic rings. The number of ether oxygens (including phenoxy) is 1. The average Bonchev–Trinajstić information content (AvgIpc) is 3.09. The molecule has 5 heteroatoms. The van der Waals surface area contributed by atoms with Gasteiger partial charge in [0.2, 0.25) is 0 Å². The predicted octanol–water partition coefficient (Wildman–Crippen LogP) is 3.88. The van der Waals surface area contributed by atoms with Gasteiger partial charge in [0.05, 0.1) is 17.2 Å². The summed E-state index contributed by atoms with van der Waals surface area (Å²) in [5, 5.41) is 12.8. The second-order valence-corrected chi connectivity index (χ2v) is 5.32. The quantitative estimate of drug-likeness (QED) is 0.682. The standard InChI is InChI=1S/C19H14N2O3/c1-13-5-7-15(8-6-13)18-10-17(21-24-18)12-23-19(22)16-4-2-3-14(9-16)11-20/h2-10H,12H2,1H3. The summed E-state index contributed by atoms with van der Waals surface area (Å²) < 4.78 is 10.5. The Kier molecular flexibility index (Phi) is 4.39. The lowest BCUT2D eigenvalue weighted by atomic mass is 10.1. The molecular weight excluding hydrogens is 304 g/mol. The Morgan fingerprint density at radius 3 is 2.75 bits per heavy atom. The Balaban J connectivity index is 1.66. The van der Waals surface area contributed by atoms with Gasteiger partial charge in [-0.25, -0.2) is 4.79 Å². The number of benzene rings is 2. The van der Waals surface area contributed by atoms with Crippen LogP contribution in [0.1, 0.15) is 27.2 Å². The van der Waals surface area contributed by atoms with Crippen molar-refractivity contribution in [3.63, 3.8) is 0 Å². The second-order valence-electron chi connectivity index (χ2n) is 5.32. The summed E-state index contributed by atoms with van der Waals surface area (Å²) in [4.78, 5) is 12.0. The lowest BCUT2D eigenvalue weighted by Crippen LogP contribution is -2.05. The lowest BCUT2D eigenvalue weighted by molar-refractivity contribution is 0.0464. The van der Waals surface area contributed by atoms with Gasteiger partial charge in [-0.1, -0.05) is 41.1 Å². The monoisotopic (exact) mass is 318 g/mol. The first kappa shape index (κ1) is 15.5. The van der Waals surface area contributed by atoms with Crippen molar-refractivity contribution >= 4 is 5.97 Å². The van der Waals surface area contributed by atoms with Crippen LogP contribution in [0.25, 0.3) is 11.3 Å². The van der Waals surface area contributed by atoms with Crippen LogP contribution in [0.15, 0.2) is 59.1 Å². The summed E-state index contributed by atoms with van der Waals surface area (Å²) in [5.74, 6) is 0.111. The van der Waals surface area contributed by atoms with Crippen molar-refractivity contribution in [2.75, 3.05) is 0 Å². The number of hydrogen-bond acceptors (Lipinski definition) is 5.